The van der Waals surface area contributed by atoms with Crippen molar-refractivity contribution in [1.29, 1.82) is 0 Å². The molecule has 0 bridgehead atoms. The van der Waals surface area contributed by atoms with Gasteiger partial charge in [0.2, 0.25) is 0 Å². The maximum Gasteiger partial charge on any atom is 0.187 e. The first-order valence-electron chi connectivity index (χ1n) is 25.7. The van der Waals surface area contributed by atoms with Crippen LogP contribution in [0.4, 0.5) is 0 Å². The smallest absolute Gasteiger partial charge is 0.187 e. The summed E-state index contributed by atoms with van der Waals surface area (Å²) in [6.07, 6.45) is -27.8. The van der Waals surface area contributed by atoms with Crippen LogP contribution in [-0.4, -0.2) is 274 Å². The average Bonchev–Trinajstić information content (AvgIpc) is 3.40. The normalized spacial score (nSPS) is 43.9. The van der Waals surface area contributed by atoms with Gasteiger partial charge in [-0.1, -0.05) is 41.0 Å². The summed E-state index contributed by atoms with van der Waals surface area (Å²) in [6, 6.07) is 0. The van der Waals surface area contributed by atoms with Gasteiger partial charge in [0.05, 0.1) is 44.7 Å². The van der Waals surface area contributed by atoms with Gasteiger partial charge in [-0.15, -0.1) is 6.58 Å². The molecule has 5 aliphatic rings. The van der Waals surface area contributed by atoms with E-state index in [1.807, 2.05) is 26.0 Å². The standard InChI is InChI=1S/C50H84O26/c1-7-50(6,76-48-42(66)38(62)43(28(19-53)72-48)74-46-40(64)35(59)31(55)26(17-51)70-46)16-10-15-23(3)12-8-11-22(2)13-9-14-24(4)20-67-49-44(75-47-41(65)36(60)32(56)27(18-52)71-47)37(61)33(57)29(73-49)21-68-45-39(63)34(58)30(54)25(5)69-45/h7,11,14-15,25-49,51-66H,1,8-10,12-13,16-21H2,2-6H3. The topological polar surface area (TPSA) is 416 Å². The predicted molar refractivity (Wildman–Crippen MR) is 259 cm³/mol. The highest BCUT2D eigenvalue weighted by atomic mass is 16.8. The minimum absolute atomic E-state index is 0.0757. The van der Waals surface area contributed by atoms with E-state index in [2.05, 4.69) is 12.7 Å². The van der Waals surface area contributed by atoms with Crippen molar-refractivity contribution in [1.82, 2.24) is 0 Å². The Bertz CT molecular complexity index is 1850. The molecule has 5 rings (SSSR count). The van der Waals surface area contributed by atoms with Crippen molar-refractivity contribution in [2.45, 2.75) is 232 Å². The van der Waals surface area contributed by atoms with Crippen LogP contribution in [0.5, 0.6) is 0 Å². The van der Waals surface area contributed by atoms with Crippen LogP contribution in [0, 0.1) is 0 Å². The molecule has 76 heavy (non-hydrogen) atoms. The fourth-order valence-corrected chi connectivity index (χ4v) is 9.30. The molecule has 16 N–H and O–H groups in total. The van der Waals surface area contributed by atoms with E-state index in [0.717, 1.165) is 29.6 Å². The number of rotatable bonds is 25. The van der Waals surface area contributed by atoms with Gasteiger partial charge in [-0.2, -0.15) is 0 Å². The molecule has 0 aliphatic carbocycles. The van der Waals surface area contributed by atoms with Crippen LogP contribution >= 0.6 is 0 Å². The molecular formula is C50H84O26. The van der Waals surface area contributed by atoms with Crippen LogP contribution in [0.15, 0.2) is 47.6 Å². The summed E-state index contributed by atoms with van der Waals surface area (Å²) in [5.41, 5.74) is 1.89. The molecule has 0 aromatic rings. The van der Waals surface area contributed by atoms with Crippen LogP contribution < -0.4 is 0 Å². The third-order valence-corrected chi connectivity index (χ3v) is 14.5. The molecule has 0 saturated carbocycles. The Morgan fingerprint density at radius 2 is 0.895 bits per heavy atom. The van der Waals surface area contributed by atoms with Gasteiger partial charge in [-0.25, -0.2) is 0 Å². The summed E-state index contributed by atoms with van der Waals surface area (Å²) in [6.45, 7) is 10.1. The van der Waals surface area contributed by atoms with E-state index >= 15 is 0 Å². The molecule has 5 heterocycles. The maximum absolute atomic E-state index is 11.3. The number of ether oxygens (including phenoxy) is 10. The van der Waals surface area contributed by atoms with Crippen molar-refractivity contribution in [3.63, 3.8) is 0 Å². The number of allylic oxidation sites excluding steroid dienone is 5. The van der Waals surface area contributed by atoms with Gasteiger partial charge in [0.1, 0.15) is 116 Å². The Morgan fingerprint density at radius 3 is 1.43 bits per heavy atom. The molecule has 0 spiro atoms. The third kappa shape index (κ3) is 16.3. The van der Waals surface area contributed by atoms with E-state index < -0.39 is 186 Å². The lowest BCUT2D eigenvalue weighted by Crippen LogP contribution is -2.65. The predicted octanol–water partition coefficient (Wildman–Crippen LogP) is -4.76. The van der Waals surface area contributed by atoms with E-state index in [4.69, 9.17) is 47.4 Å². The first-order valence-corrected chi connectivity index (χ1v) is 25.7. The molecule has 0 aromatic heterocycles. The van der Waals surface area contributed by atoms with Gasteiger partial charge in [-0.3, -0.25) is 0 Å². The fraction of sp³-hybridized carbons (Fsp3) is 0.840. The molecule has 0 amide bonds. The summed E-state index contributed by atoms with van der Waals surface area (Å²) in [5, 5.41) is 167. The molecule has 0 aromatic carbocycles. The van der Waals surface area contributed by atoms with Gasteiger partial charge >= 0.3 is 0 Å². The lowest BCUT2D eigenvalue weighted by molar-refractivity contribution is -0.371. The highest BCUT2D eigenvalue weighted by Crippen LogP contribution is 2.35. The highest BCUT2D eigenvalue weighted by molar-refractivity contribution is 5.08. The Kier molecular flexibility index (Phi) is 25.2. The van der Waals surface area contributed by atoms with Crippen molar-refractivity contribution >= 4 is 0 Å². The minimum atomic E-state index is -1.85. The summed E-state index contributed by atoms with van der Waals surface area (Å²) >= 11 is 0. The second-order valence-corrected chi connectivity index (χ2v) is 20.6. The van der Waals surface area contributed by atoms with Gasteiger partial charge in [-0.05, 0) is 73.1 Å². The van der Waals surface area contributed by atoms with Crippen LogP contribution in [0.3, 0.4) is 0 Å². The Balaban J connectivity index is 1.10. The second kappa shape index (κ2) is 29.6. The van der Waals surface area contributed by atoms with Crippen LogP contribution in [-0.2, 0) is 47.4 Å². The zero-order valence-electron chi connectivity index (χ0n) is 43.5. The monoisotopic (exact) mass is 1100 g/mol. The highest BCUT2D eigenvalue weighted by Gasteiger charge is 2.54. The third-order valence-electron chi connectivity index (χ3n) is 14.5. The fourth-order valence-electron chi connectivity index (χ4n) is 9.30. The molecular weight excluding hydrogens is 1020 g/mol. The largest absolute Gasteiger partial charge is 0.394 e. The molecule has 26 nitrogen and oxygen atoms in total. The lowest BCUT2D eigenvalue weighted by Gasteiger charge is -2.47. The van der Waals surface area contributed by atoms with Crippen molar-refractivity contribution in [3.8, 4) is 0 Å². The van der Waals surface area contributed by atoms with Gasteiger partial charge in [0, 0.05) is 0 Å². The van der Waals surface area contributed by atoms with Crippen LogP contribution in [0.2, 0.25) is 0 Å². The summed E-state index contributed by atoms with van der Waals surface area (Å²) in [4.78, 5) is 0. The molecule has 5 fully saturated rings. The molecule has 26 heteroatoms. The van der Waals surface area contributed by atoms with E-state index in [1.54, 1.807) is 13.8 Å². The Labute approximate surface area is 441 Å². The first kappa shape index (κ1) is 64.7. The van der Waals surface area contributed by atoms with Crippen LogP contribution in [0.25, 0.3) is 0 Å². The second-order valence-electron chi connectivity index (χ2n) is 20.6. The van der Waals surface area contributed by atoms with E-state index in [9.17, 15) is 81.7 Å². The SMILES string of the molecule is C=CC(C)(CCC=C(C)CCC=C(C)CCC=C(C)COC1OC(COC2OC(C)C(O)C(O)C2O)C(O)C(O)C1OC1OC(CO)C(O)C(O)C1O)OC1OC(CO)C(OC2OC(CO)C(O)C(O)C2O)C(O)C1O. The van der Waals surface area contributed by atoms with Gasteiger partial charge < -0.3 is 129 Å². The zero-order valence-corrected chi connectivity index (χ0v) is 43.5. The number of hydrogen-bond acceptors (Lipinski definition) is 26. The molecule has 5 aliphatic heterocycles. The molecule has 26 atom stereocenters. The molecule has 440 valence electrons. The summed E-state index contributed by atoms with van der Waals surface area (Å²) in [7, 11) is 0. The molecule has 5 saturated heterocycles. The number of hydrogen-bond donors (Lipinski definition) is 16. The van der Waals surface area contributed by atoms with Crippen molar-refractivity contribution in [2.75, 3.05) is 33.0 Å². The van der Waals surface area contributed by atoms with Crippen LogP contribution in [0.1, 0.15) is 73.1 Å². The van der Waals surface area contributed by atoms with E-state index in [0.29, 0.717) is 25.7 Å². The quantitative estimate of drug-likeness (QED) is 0.0382. The van der Waals surface area contributed by atoms with E-state index in [-0.39, 0.29) is 6.61 Å². The minimum Gasteiger partial charge on any atom is -0.394 e. The van der Waals surface area contributed by atoms with E-state index in [1.165, 1.54) is 13.0 Å². The summed E-state index contributed by atoms with van der Waals surface area (Å²) < 4.78 is 57.4. The zero-order chi connectivity index (χ0) is 56.3. The van der Waals surface area contributed by atoms with Gasteiger partial charge in [0.25, 0.3) is 0 Å². The summed E-state index contributed by atoms with van der Waals surface area (Å²) in [5.74, 6) is 0. The van der Waals surface area contributed by atoms with Gasteiger partial charge in [0.15, 0.2) is 31.5 Å². The lowest BCUT2D eigenvalue weighted by atomic mass is 9.95. The van der Waals surface area contributed by atoms with Crippen molar-refractivity contribution in [3.05, 3.63) is 47.6 Å². The Hall–Kier alpha value is -2.08. The molecule has 26 unspecified atom stereocenters. The van der Waals surface area contributed by atoms with Crippen molar-refractivity contribution in [2.24, 2.45) is 0 Å². The number of aliphatic hydroxyl groups excluding tert-OH is 16. The number of aliphatic hydroxyl groups is 16. The first-order chi connectivity index (χ1) is 35.9. The van der Waals surface area contributed by atoms with Crippen molar-refractivity contribution < 1.29 is 129 Å². The average molecular weight is 1100 g/mol. The maximum atomic E-state index is 11.3. The molecule has 0 radical (unpaired) electrons. The Morgan fingerprint density at radius 1 is 0.461 bits per heavy atom.